The molecular weight excluding hydrogens is 368 g/mol. The Kier molecular flexibility index (Phi) is 5.51. The zero-order chi connectivity index (χ0) is 19.6. The number of nitrogens with zero attached hydrogens (tertiary/aromatic N) is 4. The molecule has 0 bridgehead atoms. The van der Waals surface area contributed by atoms with Crippen LogP contribution in [0.2, 0.25) is 5.28 Å². The monoisotopic (exact) mass is 388 g/mol. The van der Waals surface area contributed by atoms with Gasteiger partial charge in [0.05, 0.1) is 7.11 Å². The van der Waals surface area contributed by atoms with E-state index in [-0.39, 0.29) is 16.5 Å². The second kappa shape index (κ2) is 7.84. The first-order valence-corrected chi connectivity index (χ1v) is 8.95. The van der Waals surface area contributed by atoms with Gasteiger partial charge in [0.1, 0.15) is 5.75 Å². The number of methoxy groups -OCH3 is 1. The van der Waals surface area contributed by atoms with Gasteiger partial charge in [0.2, 0.25) is 5.28 Å². The van der Waals surface area contributed by atoms with Crippen LogP contribution in [0.1, 0.15) is 12.0 Å². The van der Waals surface area contributed by atoms with Crippen molar-refractivity contribution in [1.29, 1.82) is 0 Å². The minimum Gasteiger partial charge on any atom is -0.497 e. The Balaban J connectivity index is 1.94. The van der Waals surface area contributed by atoms with Gasteiger partial charge in [-0.2, -0.15) is 4.98 Å². The third-order valence-electron chi connectivity index (χ3n) is 4.48. The van der Waals surface area contributed by atoms with Gasteiger partial charge in [-0.15, -0.1) is 6.58 Å². The Morgan fingerprint density at radius 1 is 1.30 bits per heavy atom. The van der Waals surface area contributed by atoms with Gasteiger partial charge in [-0.1, -0.05) is 18.2 Å². The first-order chi connectivity index (χ1) is 13.0. The third-order valence-corrected chi connectivity index (χ3v) is 4.77. The van der Waals surface area contributed by atoms with Crippen molar-refractivity contribution in [2.24, 2.45) is 7.05 Å². The van der Waals surface area contributed by atoms with Gasteiger partial charge in [-0.25, -0.2) is 4.79 Å². The molecule has 0 aliphatic carbocycles. The summed E-state index contributed by atoms with van der Waals surface area (Å²) in [4.78, 5) is 29.7. The second-order valence-corrected chi connectivity index (χ2v) is 6.54. The Morgan fingerprint density at radius 2 is 2.07 bits per heavy atom. The summed E-state index contributed by atoms with van der Waals surface area (Å²) in [5, 5.41) is 0.158. The quantitative estimate of drug-likeness (QED) is 0.460. The highest BCUT2D eigenvalue weighted by Gasteiger charge is 2.18. The maximum atomic E-state index is 12.9. The number of ether oxygens (including phenoxy) is 1. The highest BCUT2D eigenvalue weighted by atomic mass is 35.5. The average molecular weight is 389 g/mol. The van der Waals surface area contributed by atoms with Crippen molar-refractivity contribution in [2.75, 3.05) is 7.11 Å². The van der Waals surface area contributed by atoms with E-state index in [2.05, 4.69) is 11.6 Å². The number of hydrogen-bond donors (Lipinski definition) is 0. The second-order valence-electron chi connectivity index (χ2n) is 6.21. The lowest BCUT2D eigenvalue weighted by Gasteiger charge is -2.10. The van der Waals surface area contributed by atoms with E-state index in [1.165, 1.54) is 9.13 Å². The summed E-state index contributed by atoms with van der Waals surface area (Å²) in [6.07, 6.45) is 2.99. The summed E-state index contributed by atoms with van der Waals surface area (Å²) in [6, 6.07) is 7.73. The fraction of sp³-hybridized carbons (Fsp3) is 0.316. The first kappa shape index (κ1) is 19.0. The topological polar surface area (TPSA) is 71.1 Å². The van der Waals surface area contributed by atoms with Crippen LogP contribution in [0.3, 0.4) is 0 Å². The molecule has 0 saturated heterocycles. The number of halogens is 1. The number of rotatable bonds is 7. The lowest BCUT2D eigenvalue weighted by molar-refractivity contribution is 0.414. The first-order valence-electron chi connectivity index (χ1n) is 8.57. The van der Waals surface area contributed by atoms with E-state index in [0.717, 1.165) is 17.7 Å². The molecule has 0 radical (unpaired) electrons. The number of hydrogen-bond acceptors (Lipinski definition) is 4. The summed E-state index contributed by atoms with van der Waals surface area (Å²) < 4.78 is 9.37. The van der Waals surface area contributed by atoms with Crippen molar-refractivity contribution < 1.29 is 4.74 Å². The molecule has 0 atom stereocenters. The lowest BCUT2D eigenvalue weighted by Crippen LogP contribution is -2.39. The molecule has 3 aromatic rings. The zero-order valence-electron chi connectivity index (χ0n) is 15.3. The number of allylic oxidation sites excluding steroid dienone is 1. The lowest BCUT2D eigenvalue weighted by atomic mass is 10.1. The molecule has 142 valence electrons. The summed E-state index contributed by atoms with van der Waals surface area (Å²) in [5.74, 6) is 0.782. The van der Waals surface area contributed by atoms with Crippen LogP contribution in [-0.2, 0) is 26.6 Å². The van der Waals surface area contributed by atoms with Crippen molar-refractivity contribution in [2.45, 2.75) is 25.9 Å². The van der Waals surface area contributed by atoms with Gasteiger partial charge >= 0.3 is 5.69 Å². The Morgan fingerprint density at radius 3 is 2.78 bits per heavy atom. The summed E-state index contributed by atoms with van der Waals surface area (Å²) in [5.41, 5.74) is 0.877. The summed E-state index contributed by atoms with van der Waals surface area (Å²) in [6.45, 7) is 4.32. The predicted octanol–water partition coefficient (Wildman–Crippen LogP) is 2.38. The summed E-state index contributed by atoms with van der Waals surface area (Å²) >= 11 is 6.14. The largest absolute Gasteiger partial charge is 0.497 e. The van der Waals surface area contributed by atoms with E-state index in [1.54, 1.807) is 24.8 Å². The van der Waals surface area contributed by atoms with Gasteiger partial charge < -0.3 is 9.30 Å². The van der Waals surface area contributed by atoms with Gasteiger partial charge in [-0.3, -0.25) is 13.9 Å². The van der Waals surface area contributed by atoms with Crippen molar-refractivity contribution in [3.8, 4) is 5.75 Å². The highest BCUT2D eigenvalue weighted by Crippen LogP contribution is 2.16. The fourth-order valence-electron chi connectivity index (χ4n) is 3.11. The van der Waals surface area contributed by atoms with Gasteiger partial charge in [0.25, 0.3) is 5.56 Å². The average Bonchev–Trinajstić information content (AvgIpc) is 3.00. The molecule has 3 rings (SSSR count). The Bertz CT molecular complexity index is 1110. The van der Waals surface area contributed by atoms with Crippen LogP contribution < -0.4 is 16.0 Å². The van der Waals surface area contributed by atoms with E-state index in [1.807, 2.05) is 24.3 Å². The molecule has 0 saturated carbocycles. The molecule has 2 aromatic heterocycles. The molecule has 0 unspecified atom stereocenters. The summed E-state index contributed by atoms with van der Waals surface area (Å²) in [7, 11) is 3.21. The minimum atomic E-state index is -0.405. The molecule has 2 heterocycles. The molecule has 27 heavy (non-hydrogen) atoms. The predicted molar refractivity (Wildman–Crippen MR) is 106 cm³/mol. The number of benzene rings is 1. The molecule has 0 fully saturated rings. The maximum Gasteiger partial charge on any atom is 0.332 e. The number of fused-ring (bicyclic) bond motifs is 1. The smallest absolute Gasteiger partial charge is 0.332 e. The zero-order valence-corrected chi connectivity index (χ0v) is 16.1. The van der Waals surface area contributed by atoms with Crippen LogP contribution in [0.15, 0.2) is 46.5 Å². The van der Waals surface area contributed by atoms with Crippen LogP contribution in [0.4, 0.5) is 0 Å². The third kappa shape index (κ3) is 3.55. The maximum absolute atomic E-state index is 12.9. The van der Waals surface area contributed by atoms with E-state index in [4.69, 9.17) is 16.3 Å². The van der Waals surface area contributed by atoms with E-state index in [0.29, 0.717) is 25.0 Å². The highest BCUT2D eigenvalue weighted by molar-refractivity contribution is 6.29. The molecule has 0 N–H and O–H groups in total. The normalized spacial score (nSPS) is 11.1. The molecule has 0 spiro atoms. The minimum absolute atomic E-state index is 0.158. The molecular formula is C19H21ClN4O3. The Hall–Kier alpha value is -2.80. The van der Waals surface area contributed by atoms with Gasteiger partial charge in [-0.05, 0) is 42.1 Å². The SMILES string of the molecule is C=CCn1c(Cl)nc2c1c(=O)n(CCCc1cccc(OC)c1)c(=O)n2C. The molecule has 1 aromatic carbocycles. The molecule has 8 heteroatoms. The van der Waals surface area contributed by atoms with Crippen LogP contribution in [0, 0.1) is 0 Å². The van der Waals surface area contributed by atoms with Crippen molar-refractivity contribution in [3.63, 3.8) is 0 Å². The standard InChI is InChI=1S/C19H21ClN4O3/c1-4-10-23-15-16(21-18(23)20)22(2)19(26)24(17(15)25)11-6-8-13-7-5-9-14(12-13)27-3/h4-5,7,9,12H,1,6,8,10-11H2,2-3H3. The fourth-order valence-corrected chi connectivity index (χ4v) is 3.34. The van der Waals surface area contributed by atoms with Crippen molar-refractivity contribution >= 4 is 22.8 Å². The van der Waals surface area contributed by atoms with Crippen LogP contribution in [-0.4, -0.2) is 25.8 Å². The molecule has 0 amide bonds. The van der Waals surface area contributed by atoms with Crippen molar-refractivity contribution in [3.05, 3.63) is 68.6 Å². The van der Waals surface area contributed by atoms with Crippen LogP contribution in [0.5, 0.6) is 5.75 Å². The van der Waals surface area contributed by atoms with E-state index in [9.17, 15) is 9.59 Å². The van der Waals surface area contributed by atoms with Gasteiger partial charge in [0, 0.05) is 20.1 Å². The molecule has 0 aliphatic rings. The van der Waals surface area contributed by atoms with Crippen molar-refractivity contribution in [1.82, 2.24) is 18.7 Å². The molecule has 0 aliphatic heterocycles. The number of aromatic nitrogens is 4. The number of aryl methyl sites for hydroxylation is 2. The Labute approximate surface area is 161 Å². The van der Waals surface area contributed by atoms with Crippen LogP contribution >= 0.6 is 11.6 Å². The van der Waals surface area contributed by atoms with Crippen LogP contribution in [0.25, 0.3) is 11.2 Å². The van der Waals surface area contributed by atoms with Gasteiger partial charge in [0.15, 0.2) is 11.2 Å². The van der Waals surface area contributed by atoms with E-state index >= 15 is 0 Å². The molecule has 7 nitrogen and oxygen atoms in total. The van der Waals surface area contributed by atoms with E-state index < -0.39 is 5.69 Å². The number of imidazole rings is 1.